The Bertz CT molecular complexity index is 549. The smallest absolute Gasteiger partial charge is 0.314 e. The monoisotopic (exact) mass is 332 g/mol. The molecule has 0 bridgehead atoms. The minimum absolute atomic E-state index is 0.0301. The van der Waals surface area contributed by atoms with Gasteiger partial charge < -0.3 is 20.1 Å². The number of hydrogen-bond acceptors (Lipinski definition) is 3. The van der Waals surface area contributed by atoms with Crippen LogP contribution < -0.4 is 15.4 Å². The molecule has 0 unspecified atom stereocenters. The van der Waals surface area contributed by atoms with Crippen molar-refractivity contribution in [2.45, 2.75) is 37.5 Å². The maximum atomic E-state index is 12.2. The van der Waals surface area contributed by atoms with Gasteiger partial charge in [0.05, 0.1) is 13.7 Å². The topological polar surface area (TPSA) is 59.6 Å². The lowest BCUT2D eigenvalue weighted by atomic mass is 9.78. The van der Waals surface area contributed by atoms with Crippen LogP contribution in [0.4, 0.5) is 4.79 Å². The first-order valence-corrected chi connectivity index (χ1v) is 8.96. The molecule has 1 atom stereocenters. The number of methoxy groups -OCH3 is 1. The van der Waals surface area contributed by atoms with Crippen LogP contribution in [0.15, 0.2) is 24.3 Å². The van der Waals surface area contributed by atoms with Gasteiger partial charge in [0.25, 0.3) is 0 Å². The normalized spacial score (nSPS) is 22.3. The van der Waals surface area contributed by atoms with E-state index >= 15 is 0 Å². The predicted octanol–water partition coefficient (Wildman–Crippen LogP) is 2.84. The second-order valence-corrected chi connectivity index (χ2v) is 7.01. The SMILES string of the molecule is COc1cccc(C2(CNC(=O)NC[C@H]3CCOC3)CCCC2)c1. The molecule has 2 aliphatic rings. The van der Waals surface area contributed by atoms with E-state index < -0.39 is 0 Å². The Morgan fingerprint density at radius 1 is 1.33 bits per heavy atom. The van der Waals surface area contributed by atoms with Gasteiger partial charge in [-0.15, -0.1) is 0 Å². The molecule has 2 amide bonds. The highest BCUT2D eigenvalue weighted by Crippen LogP contribution is 2.41. The molecule has 2 N–H and O–H groups in total. The van der Waals surface area contributed by atoms with Gasteiger partial charge in [0, 0.05) is 31.0 Å². The molecule has 5 nitrogen and oxygen atoms in total. The van der Waals surface area contributed by atoms with Gasteiger partial charge in [-0.25, -0.2) is 4.79 Å². The molecule has 3 rings (SSSR count). The summed E-state index contributed by atoms with van der Waals surface area (Å²) in [5.74, 6) is 1.33. The Balaban J connectivity index is 1.58. The molecular weight excluding hydrogens is 304 g/mol. The van der Waals surface area contributed by atoms with Crippen molar-refractivity contribution in [3.8, 4) is 5.75 Å². The Morgan fingerprint density at radius 3 is 2.88 bits per heavy atom. The Kier molecular flexibility index (Phi) is 5.61. The molecule has 1 aliphatic heterocycles. The van der Waals surface area contributed by atoms with E-state index in [0.717, 1.165) is 38.2 Å². The number of hydrogen-bond donors (Lipinski definition) is 2. The quantitative estimate of drug-likeness (QED) is 0.842. The molecule has 0 aromatic heterocycles. The van der Waals surface area contributed by atoms with Gasteiger partial charge in [0.1, 0.15) is 5.75 Å². The van der Waals surface area contributed by atoms with E-state index in [2.05, 4.69) is 22.8 Å². The van der Waals surface area contributed by atoms with Gasteiger partial charge in [-0.1, -0.05) is 25.0 Å². The summed E-state index contributed by atoms with van der Waals surface area (Å²) in [5, 5.41) is 6.08. The molecule has 1 heterocycles. The fourth-order valence-electron chi connectivity index (χ4n) is 3.87. The number of nitrogens with one attached hydrogen (secondary N) is 2. The molecule has 1 saturated heterocycles. The van der Waals surface area contributed by atoms with Gasteiger partial charge in [0.2, 0.25) is 0 Å². The lowest BCUT2D eigenvalue weighted by Gasteiger charge is -2.30. The van der Waals surface area contributed by atoms with Crippen molar-refractivity contribution in [1.29, 1.82) is 0 Å². The first kappa shape index (κ1) is 17.1. The van der Waals surface area contributed by atoms with Crippen LogP contribution in [-0.2, 0) is 10.2 Å². The summed E-state index contributed by atoms with van der Waals surface area (Å²) in [6.45, 7) is 2.94. The predicted molar refractivity (Wildman–Crippen MR) is 93.5 cm³/mol. The highest BCUT2D eigenvalue weighted by Gasteiger charge is 2.36. The van der Waals surface area contributed by atoms with Gasteiger partial charge in [-0.05, 0) is 37.0 Å². The van der Waals surface area contributed by atoms with Gasteiger partial charge in [-0.3, -0.25) is 0 Å². The lowest BCUT2D eigenvalue weighted by Crippen LogP contribution is -2.44. The van der Waals surface area contributed by atoms with Crippen LogP contribution in [-0.4, -0.2) is 39.4 Å². The van der Waals surface area contributed by atoms with Crippen molar-refractivity contribution in [2.24, 2.45) is 5.92 Å². The fraction of sp³-hybridized carbons (Fsp3) is 0.632. The highest BCUT2D eigenvalue weighted by atomic mass is 16.5. The van der Waals surface area contributed by atoms with Crippen molar-refractivity contribution in [2.75, 3.05) is 33.4 Å². The van der Waals surface area contributed by atoms with E-state index in [1.165, 1.54) is 18.4 Å². The lowest BCUT2D eigenvalue weighted by molar-refractivity contribution is 0.185. The van der Waals surface area contributed by atoms with Crippen LogP contribution >= 0.6 is 0 Å². The molecule has 0 spiro atoms. The number of amides is 2. The van der Waals surface area contributed by atoms with Gasteiger partial charge in [-0.2, -0.15) is 0 Å². The number of carbonyl (C=O) groups excluding carboxylic acids is 1. The number of ether oxygens (including phenoxy) is 2. The van der Waals surface area contributed by atoms with Crippen molar-refractivity contribution in [3.63, 3.8) is 0 Å². The zero-order chi connectivity index (χ0) is 16.8. The summed E-state index contributed by atoms with van der Waals surface area (Å²) >= 11 is 0. The van der Waals surface area contributed by atoms with Crippen LogP contribution in [0.1, 0.15) is 37.7 Å². The first-order valence-electron chi connectivity index (χ1n) is 8.96. The maximum absolute atomic E-state index is 12.2. The fourth-order valence-corrected chi connectivity index (χ4v) is 3.87. The zero-order valence-electron chi connectivity index (χ0n) is 14.5. The largest absolute Gasteiger partial charge is 0.497 e. The van der Waals surface area contributed by atoms with E-state index in [1.807, 2.05) is 12.1 Å². The molecule has 1 saturated carbocycles. The average molecular weight is 332 g/mol. The summed E-state index contributed by atoms with van der Waals surface area (Å²) in [7, 11) is 1.69. The molecule has 2 fully saturated rings. The number of benzene rings is 1. The van der Waals surface area contributed by atoms with E-state index in [9.17, 15) is 4.79 Å². The standard InChI is InChI=1S/C19H28N2O3/c1-23-17-6-4-5-16(11-17)19(8-2-3-9-19)14-21-18(22)20-12-15-7-10-24-13-15/h4-6,11,15H,2-3,7-10,12-14H2,1H3,(H2,20,21,22)/t15-/m1/s1. The molecule has 1 aromatic carbocycles. The Labute approximate surface area is 144 Å². The zero-order valence-corrected chi connectivity index (χ0v) is 14.5. The molecular formula is C19H28N2O3. The van der Waals surface area contributed by atoms with Gasteiger partial charge in [0.15, 0.2) is 0 Å². The molecule has 24 heavy (non-hydrogen) atoms. The molecule has 132 valence electrons. The third-order valence-corrected chi connectivity index (χ3v) is 5.41. The van der Waals surface area contributed by atoms with Crippen LogP contribution in [0.25, 0.3) is 0 Å². The summed E-state index contributed by atoms with van der Waals surface area (Å²) in [6.07, 6.45) is 5.67. The number of rotatable bonds is 6. The molecule has 1 aliphatic carbocycles. The van der Waals surface area contributed by atoms with Gasteiger partial charge >= 0.3 is 6.03 Å². The van der Waals surface area contributed by atoms with E-state index in [0.29, 0.717) is 19.0 Å². The first-order chi connectivity index (χ1) is 11.7. The third kappa shape index (κ3) is 4.01. The summed E-state index contributed by atoms with van der Waals surface area (Å²) in [6, 6.07) is 8.20. The van der Waals surface area contributed by atoms with Crippen molar-refractivity contribution in [3.05, 3.63) is 29.8 Å². The second-order valence-electron chi connectivity index (χ2n) is 7.01. The van der Waals surface area contributed by atoms with Crippen LogP contribution in [0.2, 0.25) is 0 Å². The van der Waals surface area contributed by atoms with Crippen LogP contribution in [0.5, 0.6) is 5.75 Å². The highest BCUT2D eigenvalue weighted by molar-refractivity contribution is 5.74. The van der Waals surface area contributed by atoms with Crippen molar-refractivity contribution in [1.82, 2.24) is 10.6 Å². The van der Waals surface area contributed by atoms with Crippen LogP contribution in [0, 0.1) is 5.92 Å². The maximum Gasteiger partial charge on any atom is 0.314 e. The second kappa shape index (κ2) is 7.88. The van der Waals surface area contributed by atoms with E-state index in [1.54, 1.807) is 7.11 Å². The average Bonchev–Trinajstić information content (AvgIpc) is 3.30. The Hall–Kier alpha value is -1.75. The third-order valence-electron chi connectivity index (χ3n) is 5.41. The van der Waals surface area contributed by atoms with Crippen molar-refractivity contribution < 1.29 is 14.3 Å². The van der Waals surface area contributed by atoms with E-state index in [4.69, 9.17) is 9.47 Å². The minimum atomic E-state index is -0.0731. The molecule has 0 radical (unpaired) electrons. The molecule has 1 aromatic rings. The number of carbonyl (C=O) groups is 1. The minimum Gasteiger partial charge on any atom is -0.497 e. The van der Waals surface area contributed by atoms with Crippen molar-refractivity contribution >= 4 is 6.03 Å². The van der Waals surface area contributed by atoms with Crippen LogP contribution in [0.3, 0.4) is 0 Å². The summed E-state index contributed by atoms with van der Waals surface area (Å²) in [5.41, 5.74) is 1.30. The molecule has 5 heteroatoms. The number of urea groups is 1. The summed E-state index contributed by atoms with van der Waals surface area (Å²) < 4.78 is 10.7. The Morgan fingerprint density at radius 2 is 2.17 bits per heavy atom. The van der Waals surface area contributed by atoms with E-state index in [-0.39, 0.29) is 11.4 Å². The summed E-state index contributed by atoms with van der Waals surface area (Å²) in [4.78, 5) is 12.2.